The van der Waals surface area contributed by atoms with Crippen molar-refractivity contribution in [3.8, 4) is 11.1 Å². The molecular formula is C26H29N5O2. The van der Waals surface area contributed by atoms with Gasteiger partial charge in [0.1, 0.15) is 5.82 Å². The van der Waals surface area contributed by atoms with Crippen LogP contribution >= 0.6 is 0 Å². The van der Waals surface area contributed by atoms with Crippen LogP contribution in [0, 0.1) is 12.8 Å². The average molecular weight is 444 g/mol. The van der Waals surface area contributed by atoms with Crippen molar-refractivity contribution in [2.24, 2.45) is 5.92 Å². The van der Waals surface area contributed by atoms with Gasteiger partial charge in [-0.1, -0.05) is 18.2 Å². The molecule has 1 fully saturated rings. The summed E-state index contributed by atoms with van der Waals surface area (Å²) in [4.78, 5) is 23.0. The van der Waals surface area contributed by atoms with Gasteiger partial charge < -0.3 is 10.0 Å². The third kappa shape index (κ3) is 3.92. The van der Waals surface area contributed by atoms with Crippen LogP contribution in [-0.2, 0) is 4.79 Å². The van der Waals surface area contributed by atoms with E-state index < -0.39 is 5.97 Å². The molecular weight excluding hydrogens is 414 g/mol. The van der Waals surface area contributed by atoms with Crippen molar-refractivity contribution in [3.05, 3.63) is 54.0 Å². The van der Waals surface area contributed by atoms with Crippen molar-refractivity contribution in [3.63, 3.8) is 0 Å². The first-order valence-electron chi connectivity index (χ1n) is 11.5. The van der Waals surface area contributed by atoms with E-state index >= 15 is 0 Å². The van der Waals surface area contributed by atoms with Gasteiger partial charge in [0.05, 0.1) is 17.4 Å². The number of pyridine rings is 1. The molecule has 1 N–H and O–H groups in total. The Hall–Kier alpha value is -3.48. The predicted octanol–water partition coefficient (Wildman–Crippen LogP) is 5.07. The summed E-state index contributed by atoms with van der Waals surface area (Å²) in [5.74, 6) is 0.932. The minimum absolute atomic E-state index is 0.267. The van der Waals surface area contributed by atoms with Gasteiger partial charge in [0, 0.05) is 54.7 Å². The molecule has 0 amide bonds. The Kier molecular flexibility index (Phi) is 5.48. The molecule has 1 aromatic carbocycles. The van der Waals surface area contributed by atoms with Crippen molar-refractivity contribution in [1.29, 1.82) is 0 Å². The fraction of sp³-hybridized carbons (Fsp3) is 0.385. The van der Waals surface area contributed by atoms with Crippen molar-refractivity contribution in [2.45, 2.75) is 44.9 Å². The maximum Gasteiger partial charge on any atom is 0.303 e. The van der Waals surface area contributed by atoms with Gasteiger partial charge in [-0.25, -0.2) is 4.98 Å². The van der Waals surface area contributed by atoms with Gasteiger partial charge in [-0.05, 0) is 50.7 Å². The molecule has 0 unspecified atom stereocenters. The fourth-order valence-corrected chi connectivity index (χ4v) is 5.31. The Labute approximate surface area is 193 Å². The molecule has 5 rings (SSSR count). The number of benzene rings is 1. The molecule has 3 aromatic heterocycles. The van der Waals surface area contributed by atoms with E-state index in [1.807, 2.05) is 49.2 Å². The van der Waals surface area contributed by atoms with Gasteiger partial charge in [-0.2, -0.15) is 9.61 Å². The van der Waals surface area contributed by atoms with Crippen LogP contribution in [0.2, 0.25) is 0 Å². The van der Waals surface area contributed by atoms with Crippen molar-refractivity contribution in [2.75, 3.05) is 19.0 Å². The van der Waals surface area contributed by atoms with Crippen LogP contribution in [0.4, 0.5) is 5.82 Å². The largest absolute Gasteiger partial charge is 0.481 e. The van der Waals surface area contributed by atoms with E-state index in [-0.39, 0.29) is 12.3 Å². The summed E-state index contributed by atoms with van der Waals surface area (Å²) in [6, 6.07) is 10.2. The summed E-state index contributed by atoms with van der Waals surface area (Å²) in [5, 5.41) is 15.0. The van der Waals surface area contributed by atoms with Crippen molar-refractivity contribution >= 4 is 28.3 Å². The van der Waals surface area contributed by atoms with Gasteiger partial charge in [-0.3, -0.25) is 9.78 Å². The van der Waals surface area contributed by atoms with Crippen LogP contribution in [0.25, 0.3) is 27.7 Å². The molecule has 0 radical (unpaired) electrons. The molecule has 0 saturated heterocycles. The maximum atomic E-state index is 11.1. The van der Waals surface area contributed by atoms with Crippen LogP contribution in [0.5, 0.6) is 0 Å². The minimum Gasteiger partial charge on any atom is -0.481 e. The Morgan fingerprint density at radius 1 is 1.15 bits per heavy atom. The first-order valence-corrected chi connectivity index (χ1v) is 11.5. The first kappa shape index (κ1) is 21.4. The lowest BCUT2D eigenvalue weighted by Gasteiger charge is -2.29. The average Bonchev–Trinajstić information content (AvgIpc) is 3.21. The summed E-state index contributed by atoms with van der Waals surface area (Å²) >= 11 is 0. The number of hydrogen-bond acceptors (Lipinski definition) is 5. The molecule has 7 nitrogen and oxygen atoms in total. The Bertz CT molecular complexity index is 1340. The van der Waals surface area contributed by atoms with Crippen LogP contribution in [0.3, 0.4) is 0 Å². The zero-order chi connectivity index (χ0) is 23.1. The van der Waals surface area contributed by atoms with Gasteiger partial charge in [0.2, 0.25) is 0 Å². The SMILES string of the molecule is Cc1c(C2CCC(CC(=O)O)CC2)nc2c(-c3cnc4ccccc4c3)cnn2c1N(C)C. The zero-order valence-electron chi connectivity index (χ0n) is 19.3. The molecule has 1 aliphatic rings. The highest BCUT2D eigenvalue weighted by molar-refractivity contribution is 5.87. The van der Waals surface area contributed by atoms with Crippen LogP contribution in [0.1, 0.15) is 49.3 Å². The third-order valence-electron chi connectivity index (χ3n) is 6.91. The van der Waals surface area contributed by atoms with Crippen LogP contribution in [0.15, 0.2) is 42.7 Å². The predicted molar refractivity (Wildman–Crippen MR) is 130 cm³/mol. The van der Waals surface area contributed by atoms with E-state index in [4.69, 9.17) is 15.2 Å². The number of fused-ring (bicyclic) bond motifs is 2. The number of aromatic nitrogens is 4. The van der Waals surface area contributed by atoms with Gasteiger partial charge >= 0.3 is 5.97 Å². The van der Waals surface area contributed by atoms with E-state index in [1.165, 1.54) is 0 Å². The number of carbonyl (C=O) groups is 1. The van der Waals surface area contributed by atoms with Gasteiger partial charge in [-0.15, -0.1) is 0 Å². The molecule has 170 valence electrons. The maximum absolute atomic E-state index is 11.1. The number of anilines is 1. The number of para-hydroxylation sites is 1. The van der Waals surface area contributed by atoms with E-state index in [0.717, 1.165) is 70.4 Å². The van der Waals surface area contributed by atoms with E-state index in [1.54, 1.807) is 0 Å². The summed E-state index contributed by atoms with van der Waals surface area (Å²) in [7, 11) is 4.07. The molecule has 3 heterocycles. The summed E-state index contributed by atoms with van der Waals surface area (Å²) in [5.41, 5.74) is 6.02. The van der Waals surface area contributed by atoms with E-state index in [2.05, 4.69) is 28.9 Å². The summed E-state index contributed by atoms with van der Waals surface area (Å²) < 4.78 is 1.93. The number of nitrogens with zero attached hydrogens (tertiary/aromatic N) is 5. The Morgan fingerprint density at radius 3 is 2.64 bits per heavy atom. The zero-order valence-corrected chi connectivity index (χ0v) is 19.3. The van der Waals surface area contributed by atoms with Gasteiger partial charge in [0.15, 0.2) is 5.65 Å². The van der Waals surface area contributed by atoms with Crippen molar-refractivity contribution < 1.29 is 9.90 Å². The second-order valence-electron chi connectivity index (χ2n) is 9.37. The lowest BCUT2D eigenvalue weighted by Crippen LogP contribution is -2.21. The van der Waals surface area contributed by atoms with Crippen LogP contribution < -0.4 is 4.90 Å². The highest BCUT2D eigenvalue weighted by atomic mass is 16.4. The molecule has 1 aliphatic carbocycles. The Balaban J connectivity index is 1.59. The summed E-state index contributed by atoms with van der Waals surface area (Å²) in [6.45, 7) is 2.12. The quantitative estimate of drug-likeness (QED) is 0.464. The number of aliphatic carboxylic acids is 1. The monoisotopic (exact) mass is 443 g/mol. The molecule has 1 saturated carbocycles. The highest BCUT2D eigenvalue weighted by Crippen LogP contribution is 2.40. The second-order valence-corrected chi connectivity index (χ2v) is 9.37. The smallest absolute Gasteiger partial charge is 0.303 e. The van der Waals surface area contributed by atoms with E-state index in [0.29, 0.717) is 5.92 Å². The molecule has 0 spiro atoms. The molecule has 7 heteroatoms. The normalized spacial score (nSPS) is 18.6. The fourth-order valence-electron chi connectivity index (χ4n) is 5.31. The Morgan fingerprint density at radius 2 is 1.91 bits per heavy atom. The van der Waals surface area contributed by atoms with Crippen molar-refractivity contribution in [1.82, 2.24) is 19.6 Å². The van der Waals surface area contributed by atoms with Gasteiger partial charge in [0.25, 0.3) is 0 Å². The highest BCUT2D eigenvalue weighted by Gasteiger charge is 2.28. The molecule has 0 aliphatic heterocycles. The number of rotatable bonds is 5. The van der Waals surface area contributed by atoms with E-state index in [9.17, 15) is 4.79 Å². The lowest BCUT2D eigenvalue weighted by molar-refractivity contribution is -0.138. The molecule has 0 atom stereocenters. The summed E-state index contributed by atoms with van der Waals surface area (Å²) in [6.07, 6.45) is 7.85. The molecule has 33 heavy (non-hydrogen) atoms. The number of hydrogen-bond donors (Lipinski definition) is 1. The minimum atomic E-state index is -0.697. The molecule has 4 aromatic rings. The first-order chi connectivity index (χ1) is 15.9. The standard InChI is InChI=1S/C26H29N5O2/c1-16-24(18-10-8-17(9-11-18)12-23(32)33)29-25-21(15-28-31(25)26(16)30(2)3)20-13-19-6-4-5-7-22(19)27-14-20/h4-7,13-15,17-18H,8-12H2,1-3H3,(H,32,33). The topological polar surface area (TPSA) is 83.6 Å². The number of carboxylic acids is 1. The third-order valence-corrected chi connectivity index (χ3v) is 6.91. The molecule has 0 bridgehead atoms. The lowest BCUT2D eigenvalue weighted by atomic mass is 9.78. The second kappa shape index (κ2) is 8.46. The number of carboxylic acid groups (broad SMARTS) is 1. The van der Waals surface area contributed by atoms with Crippen LogP contribution in [-0.4, -0.2) is 44.8 Å².